The van der Waals surface area contributed by atoms with Gasteiger partial charge < -0.3 is 20.8 Å². The van der Waals surface area contributed by atoms with Crippen molar-refractivity contribution in [2.24, 2.45) is 0 Å². The smallest absolute Gasteiger partial charge is 0.343 e. The van der Waals surface area contributed by atoms with Gasteiger partial charge in [0.05, 0.1) is 0 Å². The largest absolute Gasteiger partial charge is 4.00 e. The molecule has 1 rings (SSSR count). The van der Waals surface area contributed by atoms with Gasteiger partial charge in [-0.15, -0.1) is 0 Å². The Hall–Kier alpha value is 0.0383. The van der Waals surface area contributed by atoms with Crippen LogP contribution in [0, 0.1) is 20.8 Å². The van der Waals surface area contributed by atoms with Gasteiger partial charge in [0.1, 0.15) is 0 Å². The number of unbranched alkanes of at least 4 members (excludes halogenated alkanes) is 10. The maximum absolute atomic E-state index is 3.76. The third-order valence-electron chi connectivity index (χ3n) is 3.37. The fourth-order valence-electron chi connectivity index (χ4n) is 1.78. The summed E-state index contributed by atoms with van der Waals surface area (Å²) in [5.41, 5.74) is 0. The molecule has 0 saturated carbocycles. The van der Waals surface area contributed by atoms with E-state index >= 15 is 0 Å². The molecule has 0 N–H and O–H groups in total. The molecule has 0 amide bonds. The second-order valence-electron chi connectivity index (χ2n) is 6.00. The van der Waals surface area contributed by atoms with Crippen LogP contribution >= 0.6 is 0 Å². The van der Waals surface area contributed by atoms with Gasteiger partial charge in [-0.25, -0.2) is 12.1 Å². The molecule has 0 aliphatic carbocycles. The molecule has 0 aromatic heterocycles. The van der Waals surface area contributed by atoms with Gasteiger partial charge in [-0.05, 0) is 0 Å². The van der Waals surface area contributed by atoms with Crippen molar-refractivity contribution in [1.29, 1.82) is 0 Å². The van der Waals surface area contributed by atoms with Gasteiger partial charge in [0.15, 0.2) is 0 Å². The molecule has 0 fully saturated rings. The topological polar surface area (TPSA) is 0 Å². The molecule has 0 saturated heterocycles. The van der Waals surface area contributed by atoms with Gasteiger partial charge in [0, 0.05) is 0 Å². The van der Waals surface area contributed by atoms with Crippen LogP contribution in [0.4, 0.5) is 0 Å². The first-order valence-corrected chi connectivity index (χ1v) is 10.3. The van der Waals surface area contributed by atoms with Crippen molar-refractivity contribution in [2.75, 3.05) is 0 Å². The number of hydrogen-bond donors (Lipinski definition) is 0. The zero-order valence-corrected chi connectivity index (χ0v) is 19.8. The molecule has 1 aromatic rings. The summed E-state index contributed by atoms with van der Waals surface area (Å²) < 4.78 is 0. The molecular weight excluding hydrogens is 483 g/mol. The molecule has 152 valence electrons. The SMILES string of the molecule is [CH2-]CCCCC.[CH2-]CCCCC.[CH2-]CCCCCC.[Pt+4].c1cc[cH-]c1. The van der Waals surface area contributed by atoms with Gasteiger partial charge in [-0.3, -0.25) is 0 Å². The summed E-state index contributed by atoms with van der Waals surface area (Å²) in [6, 6.07) is 10.0. The van der Waals surface area contributed by atoms with Crippen LogP contribution in [-0.4, -0.2) is 0 Å². The molecule has 0 bridgehead atoms. The predicted octanol–water partition coefficient (Wildman–Crippen LogP) is 9.00. The van der Waals surface area contributed by atoms with Crippen LogP contribution in [0.1, 0.15) is 104 Å². The van der Waals surface area contributed by atoms with Gasteiger partial charge in [-0.1, -0.05) is 85.0 Å². The third-order valence-corrected chi connectivity index (χ3v) is 3.37. The van der Waals surface area contributed by atoms with E-state index in [0.29, 0.717) is 0 Å². The van der Waals surface area contributed by atoms with E-state index in [2.05, 4.69) is 41.5 Å². The van der Waals surface area contributed by atoms with Crippen molar-refractivity contribution in [1.82, 2.24) is 0 Å². The maximum atomic E-state index is 3.76. The van der Waals surface area contributed by atoms with Crippen LogP contribution in [-0.2, 0) is 21.1 Å². The summed E-state index contributed by atoms with van der Waals surface area (Å²) in [6.45, 7) is 17.8. The molecule has 1 aromatic carbocycles. The molecule has 1 heteroatoms. The summed E-state index contributed by atoms with van der Waals surface area (Å²) in [5.74, 6) is 0. The maximum Gasteiger partial charge on any atom is 4.00 e. The molecule has 0 nitrogen and oxygen atoms in total. The van der Waals surface area contributed by atoms with Crippen LogP contribution in [0.5, 0.6) is 0 Å². The van der Waals surface area contributed by atoms with Crippen LogP contribution < -0.4 is 0 Å². The van der Waals surface area contributed by atoms with E-state index in [1.54, 1.807) is 0 Å². The van der Waals surface area contributed by atoms with E-state index in [4.69, 9.17) is 0 Å². The first kappa shape index (κ1) is 32.7. The summed E-state index contributed by atoms with van der Waals surface area (Å²) in [6.07, 6.45) is 16.7. The van der Waals surface area contributed by atoms with E-state index in [0.717, 1.165) is 19.3 Å². The summed E-state index contributed by atoms with van der Waals surface area (Å²) in [4.78, 5) is 0. The molecular formula is C24H46Pt. The Morgan fingerprint density at radius 2 is 0.880 bits per heavy atom. The average Bonchev–Trinajstić information content (AvgIpc) is 3.19. The van der Waals surface area contributed by atoms with E-state index in [-0.39, 0.29) is 21.1 Å². The van der Waals surface area contributed by atoms with Crippen LogP contribution in [0.3, 0.4) is 0 Å². The van der Waals surface area contributed by atoms with Crippen LogP contribution in [0.2, 0.25) is 0 Å². The minimum absolute atomic E-state index is 0. The first-order valence-electron chi connectivity index (χ1n) is 10.3. The van der Waals surface area contributed by atoms with Gasteiger partial charge in [0.2, 0.25) is 0 Å². The second-order valence-corrected chi connectivity index (χ2v) is 6.00. The van der Waals surface area contributed by atoms with E-state index in [9.17, 15) is 0 Å². The molecule has 0 spiro atoms. The molecule has 0 aliphatic heterocycles. The zero-order chi connectivity index (χ0) is 18.7. The molecule has 0 aliphatic rings. The average molecular weight is 530 g/mol. The second kappa shape index (κ2) is 39.2. The molecule has 25 heavy (non-hydrogen) atoms. The molecule has 0 atom stereocenters. The Labute approximate surface area is 176 Å². The minimum Gasteiger partial charge on any atom is -0.343 e. The molecule has 0 unspecified atom stereocenters. The molecule has 0 heterocycles. The van der Waals surface area contributed by atoms with Gasteiger partial charge >= 0.3 is 21.1 Å². The van der Waals surface area contributed by atoms with Crippen molar-refractivity contribution in [3.05, 3.63) is 51.1 Å². The normalized spacial score (nSPS) is 8.56. The Kier molecular flexibility index (Phi) is 51.3. The predicted molar refractivity (Wildman–Crippen MR) is 115 cm³/mol. The standard InChI is InChI=1S/C7H15.2C6H13.C5H5.Pt/c1-3-5-7-6-4-2;2*1-3-5-6-4-2;1-2-4-5-3-1;/h1,3-7H2,2H3;2*1,3-6H2,2H3;1-5H;/q4*-1;+4. The Bertz CT molecular complexity index is 191. The Morgan fingerprint density at radius 1 is 0.560 bits per heavy atom. The van der Waals surface area contributed by atoms with Crippen LogP contribution in [0.15, 0.2) is 30.3 Å². The Morgan fingerprint density at radius 3 is 1.08 bits per heavy atom. The summed E-state index contributed by atoms with van der Waals surface area (Å²) in [5, 5.41) is 0. The third kappa shape index (κ3) is 51.6. The monoisotopic (exact) mass is 529 g/mol. The fraction of sp³-hybridized carbons (Fsp3) is 0.667. The molecule has 0 radical (unpaired) electrons. The minimum atomic E-state index is 0. The van der Waals surface area contributed by atoms with Crippen molar-refractivity contribution in [2.45, 2.75) is 104 Å². The van der Waals surface area contributed by atoms with Crippen molar-refractivity contribution >= 4 is 0 Å². The van der Waals surface area contributed by atoms with E-state index in [1.807, 2.05) is 30.3 Å². The van der Waals surface area contributed by atoms with Crippen LogP contribution in [0.25, 0.3) is 0 Å². The summed E-state index contributed by atoms with van der Waals surface area (Å²) in [7, 11) is 0. The summed E-state index contributed by atoms with van der Waals surface area (Å²) >= 11 is 0. The van der Waals surface area contributed by atoms with Crippen molar-refractivity contribution < 1.29 is 21.1 Å². The van der Waals surface area contributed by atoms with Crippen molar-refractivity contribution in [3.8, 4) is 0 Å². The van der Waals surface area contributed by atoms with E-state index in [1.165, 1.54) is 64.2 Å². The van der Waals surface area contributed by atoms with Crippen molar-refractivity contribution in [3.63, 3.8) is 0 Å². The zero-order valence-electron chi connectivity index (χ0n) is 17.5. The van der Waals surface area contributed by atoms with Gasteiger partial charge in [0.25, 0.3) is 0 Å². The quantitative estimate of drug-likeness (QED) is 0.210. The fourth-order valence-corrected chi connectivity index (χ4v) is 1.78. The number of hydrogen-bond acceptors (Lipinski definition) is 0. The first-order chi connectivity index (χ1) is 11.7. The van der Waals surface area contributed by atoms with E-state index < -0.39 is 0 Å². The van der Waals surface area contributed by atoms with Gasteiger partial charge in [-0.2, -0.15) is 37.5 Å². The Balaban J connectivity index is -0.000000117. The number of rotatable bonds is 10.